The van der Waals surface area contributed by atoms with Crippen molar-refractivity contribution in [2.75, 3.05) is 19.6 Å². The highest BCUT2D eigenvalue weighted by Crippen LogP contribution is 2.50. The first-order valence-corrected chi connectivity index (χ1v) is 14.0. The maximum Gasteiger partial charge on any atom is 0.0721 e. The molecule has 0 heterocycles. The van der Waals surface area contributed by atoms with E-state index in [9.17, 15) is 10.2 Å². The molecular weight excluding hydrogens is 394 g/mol. The smallest absolute Gasteiger partial charge is 0.0721 e. The Bertz CT molecular complexity index is 535. The van der Waals surface area contributed by atoms with Crippen LogP contribution in [0, 0.1) is 17.8 Å². The Kier molecular flexibility index (Phi) is 13.9. The third-order valence-electron chi connectivity index (χ3n) is 7.79. The largest absolute Gasteiger partial charge is 0.392 e. The molecule has 186 valence electrons. The molecule has 0 radical (unpaired) electrons. The molecule has 0 amide bonds. The van der Waals surface area contributed by atoms with Gasteiger partial charge >= 0.3 is 0 Å². The number of rotatable bonds is 17. The molecule has 0 aromatic rings. The second kappa shape index (κ2) is 16.1. The van der Waals surface area contributed by atoms with Crippen LogP contribution in [-0.2, 0) is 0 Å². The molecule has 0 aromatic carbocycles. The van der Waals surface area contributed by atoms with Crippen molar-refractivity contribution >= 4 is 0 Å². The number of hydrogen-bond donors (Lipinski definition) is 2. The topological polar surface area (TPSA) is 43.7 Å². The molecule has 2 rings (SSSR count). The molecule has 5 atom stereocenters. The van der Waals surface area contributed by atoms with Crippen LogP contribution in [0.15, 0.2) is 23.8 Å². The Hall–Kier alpha value is -0.640. The van der Waals surface area contributed by atoms with Crippen LogP contribution >= 0.6 is 0 Å². The van der Waals surface area contributed by atoms with Gasteiger partial charge in [0.2, 0.25) is 0 Å². The standard InChI is InChI=1S/C29H53NO2/c1-4-7-11-15-26(31)16-17-27-28-22-24(21-25(28)23-29(27)32)14-12-10-13-20-30(18-8-5-2)19-9-6-3/h14,16-17,25-29,31-32H,4-13,15,18-23H2,1-3H3/b17-16+,24-14+/t25-,26-,27+,28-,29+/m0/s1. The first-order chi connectivity index (χ1) is 15.6. The van der Waals surface area contributed by atoms with E-state index in [2.05, 4.69) is 37.8 Å². The lowest BCUT2D eigenvalue weighted by Crippen LogP contribution is -2.27. The van der Waals surface area contributed by atoms with Gasteiger partial charge in [-0.15, -0.1) is 0 Å². The van der Waals surface area contributed by atoms with E-state index < -0.39 is 0 Å². The Morgan fingerprint density at radius 2 is 1.59 bits per heavy atom. The molecule has 2 N–H and O–H groups in total. The van der Waals surface area contributed by atoms with Crippen LogP contribution in [0.4, 0.5) is 0 Å². The van der Waals surface area contributed by atoms with Crippen LogP contribution < -0.4 is 0 Å². The summed E-state index contributed by atoms with van der Waals surface area (Å²) in [5.74, 6) is 1.45. The van der Waals surface area contributed by atoms with E-state index in [1.165, 1.54) is 83.8 Å². The van der Waals surface area contributed by atoms with Gasteiger partial charge in [-0.1, -0.05) is 76.7 Å². The number of aliphatic hydroxyl groups excluding tert-OH is 2. The van der Waals surface area contributed by atoms with Gasteiger partial charge in [0.05, 0.1) is 12.2 Å². The monoisotopic (exact) mass is 447 g/mol. The van der Waals surface area contributed by atoms with E-state index in [0.717, 1.165) is 25.7 Å². The van der Waals surface area contributed by atoms with Gasteiger partial charge in [-0.25, -0.2) is 0 Å². The fourth-order valence-electron chi connectivity index (χ4n) is 5.78. The van der Waals surface area contributed by atoms with Crippen molar-refractivity contribution in [1.82, 2.24) is 4.90 Å². The van der Waals surface area contributed by atoms with Gasteiger partial charge in [0, 0.05) is 5.92 Å². The normalized spacial score (nSPS) is 27.8. The maximum atomic E-state index is 10.6. The van der Waals surface area contributed by atoms with Gasteiger partial charge < -0.3 is 15.1 Å². The van der Waals surface area contributed by atoms with Crippen molar-refractivity contribution in [2.45, 2.75) is 123 Å². The predicted octanol–water partition coefficient (Wildman–Crippen LogP) is 6.89. The van der Waals surface area contributed by atoms with E-state index >= 15 is 0 Å². The average Bonchev–Trinajstić information content (AvgIpc) is 3.29. The van der Waals surface area contributed by atoms with Crippen molar-refractivity contribution < 1.29 is 10.2 Å². The number of fused-ring (bicyclic) bond motifs is 1. The van der Waals surface area contributed by atoms with Crippen LogP contribution in [-0.4, -0.2) is 47.0 Å². The molecule has 3 nitrogen and oxygen atoms in total. The molecule has 0 aromatic heterocycles. The number of hydrogen-bond acceptors (Lipinski definition) is 3. The van der Waals surface area contributed by atoms with Crippen LogP contribution in [0.3, 0.4) is 0 Å². The lowest BCUT2D eigenvalue weighted by atomic mass is 9.90. The molecule has 0 aliphatic heterocycles. The van der Waals surface area contributed by atoms with Gasteiger partial charge in [-0.3, -0.25) is 0 Å². The third kappa shape index (κ3) is 9.69. The van der Waals surface area contributed by atoms with Crippen LogP contribution in [0.5, 0.6) is 0 Å². The maximum absolute atomic E-state index is 10.6. The predicted molar refractivity (Wildman–Crippen MR) is 138 cm³/mol. The summed E-state index contributed by atoms with van der Waals surface area (Å²) in [6.07, 6.45) is 22.7. The summed E-state index contributed by atoms with van der Waals surface area (Å²) in [7, 11) is 0. The first kappa shape index (κ1) is 27.6. The van der Waals surface area contributed by atoms with E-state index in [1.807, 2.05) is 6.08 Å². The van der Waals surface area contributed by atoms with Gasteiger partial charge in [-0.2, -0.15) is 0 Å². The minimum Gasteiger partial charge on any atom is -0.392 e. The van der Waals surface area contributed by atoms with Crippen LogP contribution in [0.2, 0.25) is 0 Å². The number of nitrogens with zero attached hydrogens (tertiary/aromatic N) is 1. The zero-order valence-electron chi connectivity index (χ0n) is 21.5. The number of unbranched alkanes of at least 4 members (excludes halogenated alkanes) is 6. The highest BCUT2D eigenvalue weighted by atomic mass is 16.3. The fraction of sp³-hybridized carbons (Fsp3) is 0.862. The fourth-order valence-corrected chi connectivity index (χ4v) is 5.78. The SMILES string of the molecule is CCCCC[C@H](O)/C=C/[C@@H]1[C@H]2C/C(=C/CCCCN(CCCC)CCCC)C[C@H]2C[C@H]1O. The Labute approximate surface area is 199 Å². The van der Waals surface area contributed by atoms with Gasteiger partial charge in [0.15, 0.2) is 0 Å². The molecule has 2 fully saturated rings. The molecule has 2 aliphatic rings. The van der Waals surface area contributed by atoms with Crippen molar-refractivity contribution in [3.05, 3.63) is 23.8 Å². The summed E-state index contributed by atoms with van der Waals surface area (Å²) in [5, 5.41) is 20.8. The van der Waals surface area contributed by atoms with E-state index in [0.29, 0.717) is 11.8 Å². The molecule has 3 heteroatoms. The van der Waals surface area contributed by atoms with E-state index in [-0.39, 0.29) is 18.1 Å². The summed E-state index contributed by atoms with van der Waals surface area (Å²) in [6.45, 7) is 10.6. The second-order valence-electron chi connectivity index (χ2n) is 10.6. The zero-order chi connectivity index (χ0) is 23.2. The average molecular weight is 448 g/mol. The van der Waals surface area contributed by atoms with Crippen molar-refractivity contribution in [2.24, 2.45) is 17.8 Å². The molecular formula is C29H53NO2. The third-order valence-corrected chi connectivity index (χ3v) is 7.79. The van der Waals surface area contributed by atoms with Gasteiger partial charge in [-0.05, 0) is 89.3 Å². The zero-order valence-corrected chi connectivity index (χ0v) is 21.5. The quantitative estimate of drug-likeness (QED) is 0.188. The highest BCUT2D eigenvalue weighted by molar-refractivity contribution is 5.18. The van der Waals surface area contributed by atoms with Crippen molar-refractivity contribution in [3.63, 3.8) is 0 Å². The number of aliphatic hydroxyl groups is 2. The molecule has 0 unspecified atom stereocenters. The lowest BCUT2D eigenvalue weighted by molar-refractivity contribution is 0.139. The highest BCUT2D eigenvalue weighted by Gasteiger charge is 2.44. The minimum absolute atomic E-state index is 0.220. The van der Waals surface area contributed by atoms with Crippen LogP contribution in [0.1, 0.15) is 111 Å². The summed E-state index contributed by atoms with van der Waals surface area (Å²) < 4.78 is 0. The van der Waals surface area contributed by atoms with Crippen LogP contribution in [0.25, 0.3) is 0 Å². The Morgan fingerprint density at radius 3 is 2.28 bits per heavy atom. The second-order valence-corrected chi connectivity index (χ2v) is 10.6. The molecule has 0 spiro atoms. The summed E-state index contributed by atoms with van der Waals surface area (Å²) in [4.78, 5) is 2.68. The molecule has 0 saturated heterocycles. The van der Waals surface area contributed by atoms with Crippen molar-refractivity contribution in [3.8, 4) is 0 Å². The minimum atomic E-state index is -0.349. The molecule has 2 aliphatic carbocycles. The summed E-state index contributed by atoms with van der Waals surface area (Å²) >= 11 is 0. The lowest BCUT2D eigenvalue weighted by Gasteiger charge is -2.21. The molecule has 32 heavy (non-hydrogen) atoms. The summed E-state index contributed by atoms with van der Waals surface area (Å²) in [6, 6.07) is 0. The Balaban J connectivity index is 1.72. The van der Waals surface area contributed by atoms with E-state index in [4.69, 9.17) is 0 Å². The first-order valence-electron chi connectivity index (χ1n) is 14.0. The van der Waals surface area contributed by atoms with Gasteiger partial charge in [0.25, 0.3) is 0 Å². The van der Waals surface area contributed by atoms with Crippen molar-refractivity contribution in [1.29, 1.82) is 0 Å². The number of allylic oxidation sites excluding steroid dienone is 2. The molecule has 0 bridgehead atoms. The van der Waals surface area contributed by atoms with E-state index in [1.54, 1.807) is 5.57 Å². The molecule has 2 saturated carbocycles. The summed E-state index contributed by atoms with van der Waals surface area (Å²) in [5.41, 5.74) is 1.63. The van der Waals surface area contributed by atoms with Gasteiger partial charge in [0.1, 0.15) is 0 Å². The Morgan fingerprint density at radius 1 is 0.906 bits per heavy atom.